The molecule has 0 amide bonds. The fourth-order valence-electron chi connectivity index (χ4n) is 1.69. The number of aliphatic carboxylic acids is 1. The molecule has 1 aromatic heterocycles. The minimum Gasteiger partial charge on any atom is -0.481 e. The normalized spacial score (nSPS) is 11.7. The monoisotopic (exact) mass is 360 g/mol. The van der Waals surface area contributed by atoms with E-state index < -0.39 is 28.6 Å². The minimum atomic E-state index is -1.19. The summed E-state index contributed by atoms with van der Waals surface area (Å²) in [4.78, 5) is 11.1. The quantitative estimate of drug-likeness (QED) is 0.905. The second-order valence-electron chi connectivity index (χ2n) is 5.09. The summed E-state index contributed by atoms with van der Waals surface area (Å²) in [5.74, 6) is -2.91. The van der Waals surface area contributed by atoms with Crippen molar-refractivity contribution in [3.63, 3.8) is 0 Å². The zero-order chi connectivity index (χ0) is 15.8. The molecule has 112 valence electrons. The molecule has 2 aromatic rings. The Kier molecular flexibility index (Phi) is 4.04. The Balaban J connectivity index is 2.49. The van der Waals surface area contributed by atoms with Gasteiger partial charge in [-0.2, -0.15) is 0 Å². The number of nitrogens with zero attached hydrogens (tertiary/aromatic N) is 4. The zero-order valence-electron chi connectivity index (χ0n) is 11.1. The van der Waals surface area contributed by atoms with E-state index in [1.165, 1.54) is 13.8 Å². The van der Waals surface area contributed by atoms with Crippen LogP contribution in [0.3, 0.4) is 0 Å². The lowest BCUT2D eigenvalue weighted by Gasteiger charge is -2.19. The summed E-state index contributed by atoms with van der Waals surface area (Å²) in [5, 5.41) is 19.7. The average molecular weight is 361 g/mol. The van der Waals surface area contributed by atoms with Gasteiger partial charge in [0.25, 0.3) is 0 Å². The molecule has 0 unspecified atom stereocenters. The smallest absolute Gasteiger partial charge is 0.310 e. The molecule has 1 heterocycles. The fourth-order valence-corrected chi connectivity index (χ4v) is 2.09. The Labute approximate surface area is 126 Å². The van der Waals surface area contributed by atoms with Crippen molar-refractivity contribution in [2.75, 3.05) is 0 Å². The van der Waals surface area contributed by atoms with Gasteiger partial charge in [-0.05, 0) is 36.4 Å². The number of carbonyl (C=O) groups is 1. The first-order chi connectivity index (χ1) is 9.72. The van der Waals surface area contributed by atoms with Crippen LogP contribution in [0.25, 0.3) is 11.4 Å². The largest absolute Gasteiger partial charge is 0.481 e. The maximum Gasteiger partial charge on any atom is 0.310 e. The van der Waals surface area contributed by atoms with E-state index in [0.29, 0.717) is 0 Å². The van der Waals surface area contributed by atoms with Crippen LogP contribution in [0.2, 0.25) is 0 Å². The summed E-state index contributed by atoms with van der Waals surface area (Å²) in [7, 11) is 0. The van der Waals surface area contributed by atoms with E-state index in [9.17, 15) is 13.6 Å². The molecule has 0 aliphatic carbocycles. The maximum atomic E-state index is 14.0. The third kappa shape index (κ3) is 3.07. The molecule has 0 spiro atoms. The van der Waals surface area contributed by atoms with Gasteiger partial charge in [-0.15, -0.1) is 5.10 Å². The molecule has 0 saturated carbocycles. The second-order valence-corrected chi connectivity index (χ2v) is 6.01. The van der Waals surface area contributed by atoms with Crippen LogP contribution in [0.15, 0.2) is 16.6 Å². The molecule has 0 radical (unpaired) electrons. The summed E-state index contributed by atoms with van der Waals surface area (Å²) >= 11 is 2.98. The van der Waals surface area contributed by atoms with Gasteiger partial charge in [0.1, 0.15) is 11.6 Å². The zero-order valence-corrected chi connectivity index (χ0v) is 12.7. The van der Waals surface area contributed by atoms with Crippen molar-refractivity contribution < 1.29 is 18.7 Å². The van der Waals surface area contributed by atoms with Crippen LogP contribution >= 0.6 is 15.9 Å². The Morgan fingerprint density at radius 3 is 2.48 bits per heavy atom. The van der Waals surface area contributed by atoms with Gasteiger partial charge in [0.2, 0.25) is 0 Å². The molecule has 0 bridgehead atoms. The number of halogens is 3. The molecule has 0 fully saturated rings. The van der Waals surface area contributed by atoms with Gasteiger partial charge in [-0.1, -0.05) is 15.9 Å². The molecular formula is C12H11BrF2N4O2. The summed E-state index contributed by atoms with van der Waals surface area (Å²) in [6.45, 7) is 2.81. The molecule has 0 saturated heterocycles. The molecule has 6 nitrogen and oxygen atoms in total. The molecule has 0 aliphatic heterocycles. The molecule has 0 aliphatic rings. The average Bonchev–Trinajstić information content (AvgIpc) is 2.75. The number of hydrogen-bond acceptors (Lipinski definition) is 4. The highest BCUT2D eigenvalue weighted by molar-refractivity contribution is 9.10. The number of hydrogen-bond donors (Lipinski definition) is 1. The Morgan fingerprint density at radius 2 is 1.95 bits per heavy atom. The highest BCUT2D eigenvalue weighted by Gasteiger charge is 2.30. The van der Waals surface area contributed by atoms with Crippen molar-refractivity contribution in [3.05, 3.63) is 28.2 Å². The van der Waals surface area contributed by atoms with Gasteiger partial charge >= 0.3 is 5.97 Å². The first-order valence-electron chi connectivity index (χ1n) is 5.87. The molecule has 1 aromatic carbocycles. The molecular weight excluding hydrogens is 350 g/mol. The van der Waals surface area contributed by atoms with Crippen LogP contribution < -0.4 is 0 Å². The summed E-state index contributed by atoms with van der Waals surface area (Å²) in [6, 6.07) is 2.17. The van der Waals surface area contributed by atoms with Crippen LogP contribution in [0, 0.1) is 17.0 Å². The number of tetrazole rings is 1. The Bertz CT molecular complexity index is 679. The van der Waals surface area contributed by atoms with E-state index in [4.69, 9.17) is 5.11 Å². The van der Waals surface area contributed by atoms with E-state index in [1.54, 1.807) is 0 Å². The van der Waals surface area contributed by atoms with E-state index in [-0.39, 0.29) is 16.8 Å². The van der Waals surface area contributed by atoms with Crippen molar-refractivity contribution in [3.8, 4) is 11.4 Å². The minimum absolute atomic E-state index is 0.125. The van der Waals surface area contributed by atoms with Crippen molar-refractivity contribution in [2.45, 2.75) is 20.4 Å². The van der Waals surface area contributed by atoms with E-state index >= 15 is 0 Å². The molecule has 2 rings (SSSR count). The summed E-state index contributed by atoms with van der Waals surface area (Å²) in [5.41, 5.74) is -1.59. The van der Waals surface area contributed by atoms with Crippen molar-refractivity contribution in [1.82, 2.24) is 20.2 Å². The standard InChI is InChI=1S/C12H11BrF2N4O2/c1-12(2,11(20)21)5-19-10(16-17-18-19)9-7(14)3-6(13)4-8(9)15/h3-4H,5H2,1-2H3,(H,20,21). The summed E-state index contributed by atoms with van der Waals surface area (Å²) < 4.78 is 29.2. The Morgan fingerprint density at radius 1 is 1.38 bits per heavy atom. The predicted molar refractivity (Wildman–Crippen MR) is 72.3 cm³/mol. The van der Waals surface area contributed by atoms with Gasteiger partial charge in [-0.3, -0.25) is 4.79 Å². The first-order valence-corrected chi connectivity index (χ1v) is 6.66. The van der Waals surface area contributed by atoms with E-state index in [1.807, 2.05) is 0 Å². The van der Waals surface area contributed by atoms with Crippen LogP contribution in [-0.2, 0) is 11.3 Å². The lowest BCUT2D eigenvalue weighted by Crippen LogP contribution is -2.30. The number of carboxylic acids is 1. The molecule has 1 N–H and O–H groups in total. The maximum absolute atomic E-state index is 14.0. The summed E-state index contributed by atoms with van der Waals surface area (Å²) in [6.07, 6.45) is 0. The number of carboxylic acid groups (broad SMARTS) is 1. The highest BCUT2D eigenvalue weighted by atomic mass is 79.9. The second kappa shape index (κ2) is 5.47. The molecule has 21 heavy (non-hydrogen) atoms. The van der Waals surface area contributed by atoms with Crippen molar-refractivity contribution in [1.29, 1.82) is 0 Å². The Hall–Kier alpha value is -1.90. The van der Waals surface area contributed by atoms with Gasteiger partial charge in [0.05, 0.1) is 17.5 Å². The first kappa shape index (κ1) is 15.5. The van der Waals surface area contributed by atoms with E-state index in [0.717, 1.165) is 16.8 Å². The van der Waals surface area contributed by atoms with Crippen LogP contribution in [0.1, 0.15) is 13.8 Å². The van der Waals surface area contributed by atoms with Crippen molar-refractivity contribution in [2.24, 2.45) is 5.41 Å². The molecule has 9 heteroatoms. The highest BCUT2D eigenvalue weighted by Crippen LogP contribution is 2.28. The topological polar surface area (TPSA) is 80.9 Å². The van der Waals surface area contributed by atoms with Crippen LogP contribution in [-0.4, -0.2) is 31.3 Å². The van der Waals surface area contributed by atoms with E-state index in [2.05, 4.69) is 31.5 Å². The number of aromatic nitrogens is 4. The third-order valence-corrected chi connectivity index (χ3v) is 3.34. The molecule has 0 atom stereocenters. The van der Waals surface area contributed by atoms with Gasteiger partial charge < -0.3 is 5.11 Å². The van der Waals surface area contributed by atoms with Gasteiger partial charge in [0.15, 0.2) is 5.82 Å². The number of benzene rings is 1. The van der Waals surface area contributed by atoms with Gasteiger partial charge in [-0.25, -0.2) is 13.5 Å². The third-order valence-electron chi connectivity index (χ3n) is 2.89. The van der Waals surface area contributed by atoms with Gasteiger partial charge in [0, 0.05) is 4.47 Å². The predicted octanol–water partition coefficient (Wildman–Crippen LogP) is 2.49. The van der Waals surface area contributed by atoms with Crippen molar-refractivity contribution >= 4 is 21.9 Å². The number of rotatable bonds is 4. The lowest BCUT2D eigenvalue weighted by atomic mass is 9.94. The van der Waals surface area contributed by atoms with Crippen LogP contribution in [0.4, 0.5) is 8.78 Å². The SMILES string of the molecule is CC(C)(Cn1nnnc1-c1c(F)cc(Br)cc1F)C(=O)O. The fraction of sp³-hybridized carbons (Fsp3) is 0.333. The lowest BCUT2D eigenvalue weighted by molar-refractivity contribution is -0.147. The van der Waals surface area contributed by atoms with Crippen LogP contribution in [0.5, 0.6) is 0 Å².